The van der Waals surface area contributed by atoms with Gasteiger partial charge in [0.2, 0.25) is 5.91 Å². The number of carbonyl (C=O) groups is 1. The van der Waals surface area contributed by atoms with Crippen LogP contribution < -0.4 is 5.32 Å². The maximum atomic E-state index is 11.7. The number of nitrogens with zero attached hydrogens (tertiary/aromatic N) is 3. The molecule has 2 rings (SSSR count). The monoisotopic (exact) mass is 266 g/mol. The Kier molecular flexibility index (Phi) is 4.93. The number of methoxy groups -OCH3 is 1. The van der Waals surface area contributed by atoms with Gasteiger partial charge in [-0.2, -0.15) is 5.10 Å². The van der Waals surface area contributed by atoms with Crippen LogP contribution in [0.1, 0.15) is 18.4 Å². The molecule has 0 aliphatic carbocycles. The SMILES string of the molecule is COCC(=O)N1CCC(NCc2cnn(C)c2)CC1. The minimum Gasteiger partial charge on any atom is -0.375 e. The molecule has 19 heavy (non-hydrogen) atoms. The number of nitrogens with one attached hydrogen (secondary N) is 1. The van der Waals surface area contributed by atoms with Crippen molar-refractivity contribution in [2.24, 2.45) is 7.05 Å². The van der Waals surface area contributed by atoms with Crippen LogP contribution in [0.5, 0.6) is 0 Å². The van der Waals surface area contributed by atoms with E-state index < -0.39 is 0 Å². The van der Waals surface area contributed by atoms with Gasteiger partial charge in [0.25, 0.3) is 0 Å². The molecule has 1 aliphatic heterocycles. The van der Waals surface area contributed by atoms with E-state index in [-0.39, 0.29) is 12.5 Å². The van der Waals surface area contributed by atoms with Crippen molar-refractivity contribution >= 4 is 5.91 Å². The Bertz CT molecular complexity index is 411. The van der Waals surface area contributed by atoms with E-state index in [9.17, 15) is 4.79 Å². The molecule has 1 N–H and O–H groups in total. The van der Waals surface area contributed by atoms with Gasteiger partial charge in [-0.3, -0.25) is 9.48 Å². The van der Waals surface area contributed by atoms with E-state index in [0.717, 1.165) is 32.5 Å². The lowest BCUT2D eigenvalue weighted by Crippen LogP contribution is -2.45. The van der Waals surface area contributed by atoms with Crippen LogP contribution in [0.3, 0.4) is 0 Å². The van der Waals surface area contributed by atoms with Crippen molar-refractivity contribution in [3.63, 3.8) is 0 Å². The Morgan fingerprint density at radius 3 is 2.84 bits per heavy atom. The highest BCUT2D eigenvalue weighted by Crippen LogP contribution is 2.11. The summed E-state index contributed by atoms with van der Waals surface area (Å²) in [6.07, 6.45) is 5.89. The topological polar surface area (TPSA) is 59.4 Å². The Hall–Kier alpha value is -1.40. The number of amides is 1. The molecular weight excluding hydrogens is 244 g/mol. The van der Waals surface area contributed by atoms with Crippen molar-refractivity contribution in [2.75, 3.05) is 26.8 Å². The summed E-state index contributed by atoms with van der Waals surface area (Å²) in [5.74, 6) is 0.0909. The second-order valence-corrected chi connectivity index (χ2v) is 4.99. The lowest BCUT2D eigenvalue weighted by atomic mass is 10.0. The number of likely N-dealkylation sites (tertiary alicyclic amines) is 1. The van der Waals surface area contributed by atoms with Gasteiger partial charge in [-0.25, -0.2) is 0 Å². The van der Waals surface area contributed by atoms with E-state index in [1.807, 2.05) is 29.0 Å². The van der Waals surface area contributed by atoms with E-state index in [2.05, 4.69) is 10.4 Å². The van der Waals surface area contributed by atoms with Crippen molar-refractivity contribution < 1.29 is 9.53 Å². The predicted octanol–water partition coefficient (Wildman–Crippen LogP) is 0.147. The minimum atomic E-state index is 0.0909. The van der Waals surface area contributed by atoms with Gasteiger partial charge in [0.05, 0.1) is 6.20 Å². The summed E-state index contributed by atoms with van der Waals surface area (Å²) in [6, 6.07) is 0.479. The summed E-state index contributed by atoms with van der Waals surface area (Å²) in [5, 5.41) is 7.67. The van der Waals surface area contributed by atoms with Gasteiger partial charge >= 0.3 is 0 Å². The summed E-state index contributed by atoms with van der Waals surface area (Å²) >= 11 is 0. The Morgan fingerprint density at radius 1 is 1.53 bits per heavy atom. The fourth-order valence-corrected chi connectivity index (χ4v) is 2.37. The average molecular weight is 266 g/mol. The highest BCUT2D eigenvalue weighted by Gasteiger charge is 2.22. The van der Waals surface area contributed by atoms with Crippen LogP contribution in [0.2, 0.25) is 0 Å². The number of carbonyl (C=O) groups excluding carboxylic acids is 1. The summed E-state index contributed by atoms with van der Waals surface area (Å²) < 4.78 is 6.68. The summed E-state index contributed by atoms with van der Waals surface area (Å²) in [6.45, 7) is 2.65. The zero-order valence-corrected chi connectivity index (χ0v) is 11.6. The maximum absolute atomic E-state index is 11.7. The standard InChI is InChI=1S/C13H22N4O2/c1-16-9-11(8-15-16)7-14-12-3-5-17(6-4-12)13(18)10-19-2/h8-9,12,14H,3-7,10H2,1-2H3. The third-order valence-electron chi connectivity index (χ3n) is 3.47. The molecule has 1 saturated heterocycles. The van der Waals surface area contributed by atoms with Crippen LogP contribution in [-0.2, 0) is 23.1 Å². The quantitative estimate of drug-likeness (QED) is 0.824. The molecule has 2 heterocycles. The van der Waals surface area contributed by atoms with Crippen molar-refractivity contribution in [3.05, 3.63) is 18.0 Å². The molecule has 1 fully saturated rings. The molecule has 0 atom stereocenters. The Morgan fingerprint density at radius 2 is 2.26 bits per heavy atom. The number of hydrogen-bond donors (Lipinski definition) is 1. The normalized spacial score (nSPS) is 16.8. The second-order valence-electron chi connectivity index (χ2n) is 4.99. The van der Waals surface area contributed by atoms with Crippen LogP contribution in [0.4, 0.5) is 0 Å². The zero-order chi connectivity index (χ0) is 13.7. The van der Waals surface area contributed by atoms with Crippen LogP contribution in [0.25, 0.3) is 0 Å². The van der Waals surface area contributed by atoms with Crippen molar-refractivity contribution in [1.82, 2.24) is 20.0 Å². The molecule has 6 heteroatoms. The number of ether oxygens (including phenoxy) is 1. The molecular formula is C13H22N4O2. The maximum Gasteiger partial charge on any atom is 0.248 e. The number of hydrogen-bond acceptors (Lipinski definition) is 4. The van der Waals surface area contributed by atoms with Gasteiger partial charge in [-0.15, -0.1) is 0 Å². The molecule has 0 bridgehead atoms. The van der Waals surface area contributed by atoms with Crippen LogP contribution in [0, 0.1) is 0 Å². The van der Waals surface area contributed by atoms with E-state index in [4.69, 9.17) is 4.74 Å². The van der Waals surface area contributed by atoms with Crippen molar-refractivity contribution in [3.8, 4) is 0 Å². The Balaban J connectivity index is 1.70. The van der Waals surface area contributed by atoms with E-state index in [1.54, 1.807) is 7.11 Å². The molecule has 0 unspecified atom stereocenters. The predicted molar refractivity (Wildman–Crippen MR) is 71.5 cm³/mol. The van der Waals surface area contributed by atoms with Crippen molar-refractivity contribution in [2.45, 2.75) is 25.4 Å². The number of rotatable bonds is 5. The highest BCUT2D eigenvalue weighted by atomic mass is 16.5. The summed E-state index contributed by atoms with van der Waals surface area (Å²) in [5.41, 5.74) is 1.19. The van der Waals surface area contributed by atoms with Crippen LogP contribution in [-0.4, -0.2) is 53.4 Å². The van der Waals surface area contributed by atoms with Gasteiger partial charge in [-0.05, 0) is 12.8 Å². The van der Waals surface area contributed by atoms with E-state index in [0.29, 0.717) is 6.04 Å². The number of piperidine rings is 1. The van der Waals surface area contributed by atoms with E-state index in [1.165, 1.54) is 5.56 Å². The zero-order valence-electron chi connectivity index (χ0n) is 11.6. The lowest BCUT2D eigenvalue weighted by Gasteiger charge is -2.32. The Labute approximate surface area is 113 Å². The summed E-state index contributed by atoms with van der Waals surface area (Å²) in [7, 11) is 3.48. The molecule has 1 aliphatic rings. The number of aryl methyl sites for hydroxylation is 1. The average Bonchev–Trinajstić information content (AvgIpc) is 2.83. The molecule has 1 aromatic heterocycles. The van der Waals surface area contributed by atoms with Gasteiger partial charge in [0, 0.05) is 51.6 Å². The fourth-order valence-electron chi connectivity index (χ4n) is 2.37. The van der Waals surface area contributed by atoms with Gasteiger partial charge in [0.1, 0.15) is 6.61 Å². The van der Waals surface area contributed by atoms with Gasteiger partial charge in [0.15, 0.2) is 0 Å². The second kappa shape index (κ2) is 6.68. The molecule has 1 amide bonds. The first-order valence-electron chi connectivity index (χ1n) is 6.66. The van der Waals surface area contributed by atoms with Crippen molar-refractivity contribution in [1.29, 1.82) is 0 Å². The lowest BCUT2D eigenvalue weighted by molar-refractivity contribution is -0.136. The molecule has 0 spiro atoms. The number of aromatic nitrogens is 2. The summed E-state index contributed by atoms with van der Waals surface area (Å²) in [4.78, 5) is 13.5. The molecule has 0 radical (unpaired) electrons. The van der Waals surface area contributed by atoms with Gasteiger partial charge in [-0.1, -0.05) is 0 Å². The molecule has 6 nitrogen and oxygen atoms in total. The first-order chi connectivity index (χ1) is 9.19. The minimum absolute atomic E-state index is 0.0909. The largest absolute Gasteiger partial charge is 0.375 e. The fraction of sp³-hybridized carbons (Fsp3) is 0.692. The molecule has 0 saturated carbocycles. The van der Waals surface area contributed by atoms with Crippen LogP contribution >= 0.6 is 0 Å². The molecule has 106 valence electrons. The molecule has 1 aromatic rings. The first-order valence-corrected chi connectivity index (χ1v) is 6.66. The molecule has 0 aromatic carbocycles. The van der Waals surface area contributed by atoms with Crippen LogP contribution in [0.15, 0.2) is 12.4 Å². The van der Waals surface area contributed by atoms with E-state index >= 15 is 0 Å². The smallest absolute Gasteiger partial charge is 0.248 e. The van der Waals surface area contributed by atoms with Gasteiger partial charge < -0.3 is 15.0 Å². The highest BCUT2D eigenvalue weighted by molar-refractivity contribution is 5.77. The first kappa shape index (κ1) is 14.0. The third kappa shape index (κ3) is 4.04. The third-order valence-corrected chi connectivity index (χ3v) is 3.47.